The second-order valence-electron chi connectivity index (χ2n) is 7.05. The van der Waals surface area contributed by atoms with E-state index in [1.54, 1.807) is 31.0 Å². The maximum Gasteiger partial charge on any atom is 0.247 e. The lowest BCUT2D eigenvalue weighted by Gasteiger charge is -2.33. The van der Waals surface area contributed by atoms with Gasteiger partial charge in [-0.05, 0) is 47.2 Å². The lowest BCUT2D eigenvalue weighted by molar-refractivity contribution is -0.119. The Morgan fingerprint density at radius 2 is 1.94 bits per heavy atom. The van der Waals surface area contributed by atoms with Crippen LogP contribution in [0.1, 0.15) is 18.5 Å². The molecule has 10 nitrogen and oxygen atoms in total. The quantitative estimate of drug-likeness (QED) is 0.581. The number of nitrogens with one attached hydrogen (secondary N) is 2. The Balaban J connectivity index is 1.75. The Labute approximate surface area is 185 Å². The van der Waals surface area contributed by atoms with Gasteiger partial charge in [-0.15, -0.1) is 0 Å². The van der Waals surface area contributed by atoms with Gasteiger partial charge >= 0.3 is 0 Å². The topological polar surface area (TPSA) is 112 Å². The van der Waals surface area contributed by atoms with Crippen LogP contribution in [0.2, 0.25) is 0 Å². The van der Waals surface area contributed by atoms with E-state index in [0.29, 0.717) is 41.2 Å². The van der Waals surface area contributed by atoms with Crippen LogP contribution in [0.3, 0.4) is 0 Å². The molecule has 1 aromatic heterocycles. The first-order valence-electron chi connectivity index (χ1n) is 10.1. The van der Waals surface area contributed by atoms with Gasteiger partial charge < -0.3 is 24.8 Å². The molecule has 1 aliphatic rings. The third-order valence-corrected chi connectivity index (χ3v) is 5.20. The first-order valence-corrected chi connectivity index (χ1v) is 10.1. The number of aromatic nitrogens is 4. The molecule has 0 radical (unpaired) electrons. The van der Waals surface area contributed by atoms with Gasteiger partial charge in [0, 0.05) is 5.70 Å². The highest BCUT2D eigenvalue weighted by Gasteiger charge is 2.40. The van der Waals surface area contributed by atoms with Crippen molar-refractivity contribution in [2.45, 2.75) is 13.0 Å². The lowest BCUT2D eigenvalue weighted by atomic mass is 9.88. The van der Waals surface area contributed by atoms with Crippen LogP contribution in [0.25, 0.3) is 0 Å². The summed E-state index contributed by atoms with van der Waals surface area (Å²) in [6.07, 6.45) is 0. The molecule has 2 aromatic carbocycles. The van der Waals surface area contributed by atoms with E-state index in [4.69, 9.17) is 14.2 Å². The second kappa shape index (κ2) is 8.96. The average molecular weight is 436 g/mol. The van der Waals surface area contributed by atoms with Crippen molar-refractivity contribution >= 4 is 17.5 Å². The van der Waals surface area contributed by atoms with Crippen LogP contribution in [0.4, 0.5) is 11.6 Å². The third kappa shape index (κ3) is 3.82. The minimum atomic E-state index is -0.724. The van der Waals surface area contributed by atoms with E-state index in [1.807, 2.05) is 37.3 Å². The van der Waals surface area contributed by atoms with Crippen molar-refractivity contribution in [3.63, 3.8) is 0 Å². The van der Waals surface area contributed by atoms with E-state index in [-0.39, 0.29) is 5.91 Å². The van der Waals surface area contributed by atoms with Gasteiger partial charge in [-0.25, -0.2) is 4.68 Å². The predicted octanol–water partition coefficient (Wildman–Crippen LogP) is 2.87. The highest BCUT2D eigenvalue weighted by atomic mass is 16.5. The van der Waals surface area contributed by atoms with Crippen molar-refractivity contribution in [1.29, 1.82) is 0 Å². The van der Waals surface area contributed by atoms with Crippen LogP contribution < -0.4 is 24.8 Å². The van der Waals surface area contributed by atoms with Crippen LogP contribution in [0, 0.1) is 5.92 Å². The predicted molar refractivity (Wildman–Crippen MR) is 118 cm³/mol. The first kappa shape index (κ1) is 21.2. The molecule has 3 aromatic rings. The molecule has 0 aliphatic carbocycles. The number of methoxy groups -OCH3 is 2. The molecule has 2 heterocycles. The summed E-state index contributed by atoms with van der Waals surface area (Å²) in [5.41, 5.74) is 1.79. The summed E-state index contributed by atoms with van der Waals surface area (Å²) in [6.45, 7) is 6.48. The molecule has 2 unspecified atom stereocenters. The number of benzene rings is 2. The van der Waals surface area contributed by atoms with E-state index in [1.165, 1.54) is 0 Å². The third-order valence-electron chi connectivity index (χ3n) is 5.20. The number of para-hydroxylation sites is 2. The molecule has 10 heteroatoms. The molecule has 1 aliphatic heterocycles. The number of hydrogen-bond acceptors (Lipinski definition) is 8. The first-order chi connectivity index (χ1) is 15.6. The summed E-state index contributed by atoms with van der Waals surface area (Å²) in [5.74, 6) is 1.10. The minimum Gasteiger partial charge on any atom is -0.495 e. The number of rotatable bonds is 7. The fourth-order valence-electron chi connectivity index (χ4n) is 3.75. The fourth-order valence-corrected chi connectivity index (χ4v) is 3.75. The molecule has 0 saturated carbocycles. The highest BCUT2D eigenvalue weighted by molar-refractivity contribution is 5.97. The van der Waals surface area contributed by atoms with Crippen molar-refractivity contribution in [3.8, 4) is 17.2 Å². The monoisotopic (exact) mass is 436 g/mol. The molecule has 0 spiro atoms. The molecular weight excluding hydrogens is 412 g/mol. The zero-order chi connectivity index (χ0) is 22.7. The maximum absolute atomic E-state index is 13.5. The number of hydrogen-bond donors (Lipinski definition) is 2. The summed E-state index contributed by atoms with van der Waals surface area (Å²) in [6, 6.07) is 12.1. The number of nitrogens with zero attached hydrogens (tertiary/aromatic N) is 4. The van der Waals surface area contributed by atoms with Gasteiger partial charge in [0.25, 0.3) is 0 Å². The number of fused-ring (bicyclic) bond motifs is 1. The Morgan fingerprint density at radius 3 is 2.69 bits per heavy atom. The summed E-state index contributed by atoms with van der Waals surface area (Å²) in [5, 5.41) is 17.8. The van der Waals surface area contributed by atoms with Crippen molar-refractivity contribution in [3.05, 3.63) is 60.3 Å². The highest BCUT2D eigenvalue weighted by Crippen LogP contribution is 2.40. The average Bonchev–Trinajstić information content (AvgIpc) is 3.27. The second-order valence-corrected chi connectivity index (χ2v) is 7.05. The summed E-state index contributed by atoms with van der Waals surface area (Å²) in [4.78, 5) is 13.5. The Kier molecular flexibility index (Phi) is 5.93. The Morgan fingerprint density at radius 1 is 1.16 bits per heavy atom. The van der Waals surface area contributed by atoms with Crippen molar-refractivity contribution in [1.82, 2.24) is 20.2 Å². The standard InChI is InChI=1S/C22H24N6O4/c1-5-32-17-11-10-14(12-18(17)31-4)20-19(13(2)23-22-25-26-27-28(20)22)21(29)24-15-8-6-7-9-16(15)30-3/h6-12,19-20H,2,5H2,1,3-4H3,(H,24,29)(H,23,25,27). The minimum absolute atomic E-state index is 0.286. The molecule has 0 saturated heterocycles. The van der Waals surface area contributed by atoms with Gasteiger partial charge in [-0.3, -0.25) is 4.79 Å². The SMILES string of the molecule is C=C1Nc2nnnn2C(c2ccc(OCC)c(OC)c2)C1C(=O)Nc1ccccc1OC. The number of tetrazole rings is 1. The Bertz CT molecular complexity index is 1140. The number of amides is 1. The van der Waals surface area contributed by atoms with Crippen molar-refractivity contribution in [2.24, 2.45) is 5.92 Å². The molecule has 166 valence electrons. The smallest absolute Gasteiger partial charge is 0.247 e. The zero-order valence-electron chi connectivity index (χ0n) is 18.0. The maximum atomic E-state index is 13.5. The molecule has 0 fully saturated rings. The van der Waals surface area contributed by atoms with E-state index in [2.05, 4.69) is 32.7 Å². The number of anilines is 2. The zero-order valence-corrected chi connectivity index (χ0v) is 18.0. The van der Waals surface area contributed by atoms with Gasteiger partial charge in [0.05, 0.1) is 32.6 Å². The Hall–Kier alpha value is -4.08. The summed E-state index contributed by atoms with van der Waals surface area (Å²) < 4.78 is 18.1. The fraction of sp³-hybridized carbons (Fsp3) is 0.273. The van der Waals surface area contributed by atoms with Gasteiger partial charge in [0.1, 0.15) is 11.7 Å². The molecule has 1 amide bonds. The van der Waals surface area contributed by atoms with Gasteiger partial charge in [0.2, 0.25) is 11.9 Å². The van der Waals surface area contributed by atoms with E-state index < -0.39 is 12.0 Å². The van der Waals surface area contributed by atoms with E-state index >= 15 is 0 Å². The van der Waals surface area contributed by atoms with Gasteiger partial charge in [-0.2, -0.15) is 0 Å². The summed E-state index contributed by atoms with van der Waals surface area (Å²) in [7, 11) is 3.12. The largest absolute Gasteiger partial charge is 0.495 e. The number of carbonyl (C=O) groups is 1. The summed E-state index contributed by atoms with van der Waals surface area (Å²) >= 11 is 0. The van der Waals surface area contributed by atoms with Gasteiger partial charge in [0.15, 0.2) is 11.5 Å². The van der Waals surface area contributed by atoms with Crippen molar-refractivity contribution < 1.29 is 19.0 Å². The number of carbonyl (C=O) groups excluding carboxylic acids is 1. The normalized spacial score (nSPS) is 17.2. The van der Waals surface area contributed by atoms with Crippen LogP contribution >= 0.6 is 0 Å². The van der Waals surface area contributed by atoms with Crippen LogP contribution in [0.5, 0.6) is 17.2 Å². The van der Waals surface area contributed by atoms with Crippen LogP contribution in [-0.4, -0.2) is 46.9 Å². The van der Waals surface area contributed by atoms with Crippen LogP contribution in [-0.2, 0) is 4.79 Å². The van der Waals surface area contributed by atoms with Crippen LogP contribution in [0.15, 0.2) is 54.7 Å². The molecule has 2 N–H and O–H groups in total. The van der Waals surface area contributed by atoms with Crippen molar-refractivity contribution in [2.75, 3.05) is 31.5 Å². The molecule has 2 atom stereocenters. The lowest BCUT2D eigenvalue weighted by Crippen LogP contribution is -2.39. The molecular formula is C22H24N6O4. The van der Waals surface area contributed by atoms with E-state index in [9.17, 15) is 4.79 Å². The molecule has 0 bridgehead atoms. The number of ether oxygens (including phenoxy) is 3. The van der Waals surface area contributed by atoms with Gasteiger partial charge in [-0.1, -0.05) is 29.9 Å². The molecule has 4 rings (SSSR count). The van der Waals surface area contributed by atoms with E-state index in [0.717, 1.165) is 5.56 Å². The molecule has 32 heavy (non-hydrogen) atoms.